The summed E-state index contributed by atoms with van der Waals surface area (Å²) >= 11 is 0. The van der Waals surface area contributed by atoms with Crippen LogP contribution in [0.2, 0.25) is 0 Å². The van der Waals surface area contributed by atoms with Crippen molar-refractivity contribution in [2.45, 2.75) is 12.5 Å². The minimum Gasteiger partial charge on any atom is -0.493 e. The summed E-state index contributed by atoms with van der Waals surface area (Å²) in [6, 6.07) is 3.40. The molecule has 1 atom stereocenters. The number of anilines is 1. The van der Waals surface area contributed by atoms with Crippen LogP contribution in [0.15, 0.2) is 12.1 Å². The van der Waals surface area contributed by atoms with E-state index in [2.05, 4.69) is 0 Å². The van der Waals surface area contributed by atoms with Crippen LogP contribution in [0.25, 0.3) is 0 Å². The van der Waals surface area contributed by atoms with Crippen molar-refractivity contribution in [3.8, 4) is 11.5 Å². The number of carbonyl (C=O) groups is 2. The van der Waals surface area contributed by atoms with E-state index in [9.17, 15) is 9.59 Å². The predicted octanol–water partition coefficient (Wildman–Crippen LogP) is 1.04. The Morgan fingerprint density at radius 1 is 1.50 bits per heavy atom. The lowest BCUT2D eigenvalue weighted by Gasteiger charge is -2.15. The van der Waals surface area contributed by atoms with Crippen molar-refractivity contribution in [1.29, 1.82) is 0 Å². The zero-order valence-corrected chi connectivity index (χ0v) is 10.8. The highest BCUT2D eigenvalue weighted by Crippen LogP contribution is 2.42. The molecule has 7 heteroatoms. The molecule has 20 heavy (non-hydrogen) atoms. The summed E-state index contributed by atoms with van der Waals surface area (Å²) < 4.78 is 15.4. The van der Waals surface area contributed by atoms with Crippen molar-refractivity contribution in [3.63, 3.8) is 0 Å². The summed E-state index contributed by atoms with van der Waals surface area (Å²) in [6.07, 6.45) is 0.305. The molecular formula is C13H13NO6. The van der Waals surface area contributed by atoms with Gasteiger partial charge in [-0.25, -0.2) is 9.59 Å². The number of ether oxygens (including phenoxy) is 3. The number of hydrogen-bond acceptors (Lipinski definition) is 5. The average Bonchev–Trinajstić information content (AvgIpc) is 2.95. The molecular weight excluding hydrogens is 266 g/mol. The predicted molar refractivity (Wildman–Crippen MR) is 67.4 cm³/mol. The molecule has 0 radical (unpaired) electrons. The van der Waals surface area contributed by atoms with Gasteiger partial charge < -0.3 is 19.3 Å². The van der Waals surface area contributed by atoms with Gasteiger partial charge in [-0.2, -0.15) is 0 Å². The summed E-state index contributed by atoms with van der Waals surface area (Å²) in [5.41, 5.74) is 1.66. The molecule has 0 aliphatic carbocycles. The normalized spacial score (nSPS) is 19.4. The standard InChI is InChI=1S/C13H13NO6/c1-18-10-3-7-2-8-5-20-13(17)14(8)9(7)4-11(10)19-6-12(15)16/h3-4,8H,2,5-6H2,1H3,(H,15,16). The lowest BCUT2D eigenvalue weighted by molar-refractivity contribution is -0.139. The van der Waals surface area contributed by atoms with E-state index in [0.29, 0.717) is 30.2 Å². The molecule has 1 unspecified atom stereocenters. The first-order valence-electron chi connectivity index (χ1n) is 6.11. The van der Waals surface area contributed by atoms with Crippen molar-refractivity contribution >= 4 is 17.7 Å². The van der Waals surface area contributed by atoms with Gasteiger partial charge in [0.25, 0.3) is 0 Å². The van der Waals surface area contributed by atoms with E-state index in [0.717, 1.165) is 5.56 Å². The maximum atomic E-state index is 11.7. The van der Waals surface area contributed by atoms with Crippen molar-refractivity contribution in [3.05, 3.63) is 17.7 Å². The zero-order valence-electron chi connectivity index (χ0n) is 10.8. The van der Waals surface area contributed by atoms with Gasteiger partial charge >= 0.3 is 12.1 Å². The number of carboxylic acids is 1. The van der Waals surface area contributed by atoms with Crippen LogP contribution in [0.1, 0.15) is 5.56 Å². The van der Waals surface area contributed by atoms with Gasteiger partial charge in [0.05, 0.1) is 18.8 Å². The Kier molecular flexibility index (Phi) is 2.89. The smallest absolute Gasteiger partial charge is 0.414 e. The Bertz CT molecular complexity index is 584. The summed E-state index contributed by atoms with van der Waals surface area (Å²) in [5, 5.41) is 8.67. The molecule has 1 fully saturated rings. The first-order valence-corrected chi connectivity index (χ1v) is 6.11. The summed E-state index contributed by atoms with van der Waals surface area (Å²) in [6.45, 7) is -0.107. The average molecular weight is 279 g/mol. The van der Waals surface area contributed by atoms with E-state index in [4.69, 9.17) is 19.3 Å². The molecule has 1 aromatic rings. The summed E-state index contributed by atoms with van der Waals surface area (Å²) in [7, 11) is 1.49. The minimum atomic E-state index is -1.08. The Hall–Kier alpha value is -2.44. The minimum absolute atomic E-state index is 0.00284. The fraction of sp³-hybridized carbons (Fsp3) is 0.385. The molecule has 2 aliphatic heterocycles. The van der Waals surface area contributed by atoms with Gasteiger partial charge in [0.2, 0.25) is 0 Å². The van der Waals surface area contributed by atoms with Gasteiger partial charge in [-0.1, -0.05) is 0 Å². The third kappa shape index (κ3) is 1.91. The van der Waals surface area contributed by atoms with E-state index >= 15 is 0 Å². The number of fused-ring (bicyclic) bond motifs is 3. The fourth-order valence-electron chi connectivity index (χ4n) is 2.55. The van der Waals surface area contributed by atoms with Crippen LogP contribution in [0.3, 0.4) is 0 Å². The van der Waals surface area contributed by atoms with E-state index in [1.165, 1.54) is 7.11 Å². The molecule has 3 rings (SSSR count). The topological polar surface area (TPSA) is 85.3 Å². The molecule has 1 N–H and O–H groups in total. The molecule has 1 amide bonds. The van der Waals surface area contributed by atoms with Crippen LogP contribution < -0.4 is 14.4 Å². The number of amides is 1. The second-order valence-electron chi connectivity index (χ2n) is 4.62. The third-order valence-electron chi connectivity index (χ3n) is 3.39. The number of carboxylic acid groups (broad SMARTS) is 1. The van der Waals surface area contributed by atoms with Crippen LogP contribution in [0, 0.1) is 0 Å². The Morgan fingerprint density at radius 2 is 2.30 bits per heavy atom. The number of rotatable bonds is 4. The molecule has 2 heterocycles. The van der Waals surface area contributed by atoms with Crippen molar-refractivity contribution in [2.75, 3.05) is 25.2 Å². The van der Waals surface area contributed by atoms with Crippen molar-refractivity contribution in [1.82, 2.24) is 0 Å². The summed E-state index contributed by atoms with van der Waals surface area (Å²) in [5.74, 6) is -0.320. The van der Waals surface area contributed by atoms with Gasteiger partial charge in [0, 0.05) is 6.07 Å². The molecule has 0 bridgehead atoms. The molecule has 2 aliphatic rings. The second kappa shape index (κ2) is 4.59. The first kappa shape index (κ1) is 12.6. The van der Waals surface area contributed by atoms with Crippen LogP contribution in [-0.2, 0) is 16.0 Å². The zero-order chi connectivity index (χ0) is 14.3. The highest BCUT2D eigenvalue weighted by atomic mass is 16.6. The molecule has 7 nitrogen and oxygen atoms in total. The molecule has 1 aromatic carbocycles. The number of hydrogen-bond donors (Lipinski definition) is 1. The molecule has 0 spiro atoms. The Labute approximate surface area is 114 Å². The number of carbonyl (C=O) groups excluding carboxylic acids is 1. The number of nitrogens with zero attached hydrogens (tertiary/aromatic N) is 1. The van der Waals surface area contributed by atoms with Gasteiger partial charge in [0.15, 0.2) is 18.1 Å². The molecule has 106 valence electrons. The lowest BCUT2D eigenvalue weighted by Crippen LogP contribution is -2.29. The number of methoxy groups -OCH3 is 1. The third-order valence-corrected chi connectivity index (χ3v) is 3.39. The van der Waals surface area contributed by atoms with Gasteiger partial charge in [-0.15, -0.1) is 0 Å². The SMILES string of the molecule is COc1cc2c(cc1OCC(=O)O)N1C(=O)OCC1C2. The first-order chi connectivity index (χ1) is 9.60. The van der Waals surface area contributed by atoms with E-state index in [1.54, 1.807) is 17.0 Å². The molecule has 0 aromatic heterocycles. The largest absolute Gasteiger partial charge is 0.493 e. The number of cyclic esters (lactones) is 1. The van der Waals surface area contributed by atoms with E-state index in [1.807, 2.05) is 0 Å². The second-order valence-corrected chi connectivity index (χ2v) is 4.62. The quantitative estimate of drug-likeness (QED) is 0.886. The maximum Gasteiger partial charge on any atom is 0.414 e. The van der Waals surface area contributed by atoms with Crippen LogP contribution in [0.5, 0.6) is 11.5 Å². The fourth-order valence-corrected chi connectivity index (χ4v) is 2.55. The monoisotopic (exact) mass is 279 g/mol. The highest BCUT2D eigenvalue weighted by Gasteiger charge is 2.41. The van der Waals surface area contributed by atoms with Crippen LogP contribution in [-0.4, -0.2) is 43.5 Å². The van der Waals surface area contributed by atoms with Crippen LogP contribution >= 0.6 is 0 Å². The van der Waals surface area contributed by atoms with Crippen LogP contribution in [0.4, 0.5) is 10.5 Å². The summed E-state index contributed by atoms with van der Waals surface area (Å²) in [4.78, 5) is 23.8. The van der Waals surface area contributed by atoms with Gasteiger partial charge in [-0.3, -0.25) is 4.90 Å². The van der Waals surface area contributed by atoms with Crippen molar-refractivity contribution < 1.29 is 28.9 Å². The Morgan fingerprint density at radius 3 is 3.00 bits per heavy atom. The molecule has 0 saturated carbocycles. The molecule has 1 saturated heterocycles. The lowest BCUT2D eigenvalue weighted by atomic mass is 10.1. The van der Waals surface area contributed by atoms with E-state index < -0.39 is 12.6 Å². The van der Waals surface area contributed by atoms with Gasteiger partial charge in [-0.05, 0) is 18.1 Å². The van der Waals surface area contributed by atoms with Gasteiger partial charge in [0.1, 0.15) is 6.61 Å². The van der Waals surface area contributed by atoms with E-state index in [-0.39, 0.29) is 12.1 Å². The van der Waals surface area contributed by atoms with Crippen molar-refractivity contribution in [2.24, 2.45) is 0 Å². The number of benzene rings is 1. The Balaban J connectivity index is 1.96. The maximum absolute atomic E-state index is 11.7. The number of aliphatic carboxylic acids is 1. The highest BCUT2D eigenvalue weighted by molar-refractivity contribution is 5.94.